The average Bonchev–Trinajstić information content (AvgIpc) is 3.20. The summed E-state index contributed by atoms with van der Waals surface area (Å²) in [6.45, 7) is 9.04. The number of ether oxygens (including phenoxy) is 1. The molecule has 0 unspecified atom stereocenters. The molecule has 1 N–H and O–H groups in total. The zero-order valence-corrected chi connectivity index (χ0v) is 15.6. The third kappa shape index (κ3) is 1.44. The van der Waals surface area contributed by atoms with Crippen molar-refractivity contribution in [3.8, 4) is 0 Å². The molecule has 1 saturated heterocycles. The summed E-state index contributed by atoms with van der Waals surface area (Å²) < 4.78 is 6.47. The van der Waals surface area contributed by atoms with Gasteiger partial charge in [-0.15, -0.1) is 0 Å². The first-order valence-electron chi connectivity index (χ1n) is 10.1. The van der Waals surface area contributed by atoms with E-state index in [0.717, 1.165) is 32.1 Å². The maximum Gasteiger partial charge on any atom is 0.141 e. The van der Waals surface area contributed by atoms with Gasteiger partial charge >= 0.3 is 0 Å². The van der Waals surface area contributed by atoms with Crippen LogP contribution in [0.2, 0.25) is 0 Å². The minimum Gasteiger partial charge on any atom is -0.393 e. The molecule has 0 radical (unpaired) electrons. The lowest BCUT2D eigenvalue weighted by atomic mass is 9.41. The normalized spacial score (nSPS) is 60.7. The molecule has 4 saturated carbocycles. The number of aliphatic hydroxyl groups is 1. The maximum absolute atomic E-state index is 12.7. The molecule has 0 amide bonds. The molecule has 0 aromatic rings. The lowest BCUT2D eigenvalue weighted by Gasteiger charge is -2.61. The van der Waals surface area contributed by atoms with E-state index >= 15 is 0 Å². The molecule has 3 nitrogen and oxygen atoms in total. The smallest absolute Gasteiger partial charge is 0.141 e. The van der Waals surface area contributed by atoms with Crippen LogP contribution in [0.3, 0.4) is 0 Å². The Kier molecular flexibility index (Phi) is 2.82. The summed E-state index contributed by atoms with van der Waals surface area (Å²) >= 11 is 0. The molecule has 24 heavy (non-hydrogen) atoms. The fraction of sp³-hybridized carbons (Fsp3) is 0.952. The SMILES string of the molecule is CC1(C)C(=O)CC[C@]2(C)[C@H]3CC[C@]4(C)[C@@H](O)CC[C@H]4[C@@H]3C[C@@H]3O[C@]312. The lowest BCUT2D eigenvalue weighted by molar-refractivity contribution is -0.161. The van der Waals surface area contributed by atoms with Crippen molar-refractivity contribution in [3.05, 3.63) is 0 Å². The van der Waals surface area contributed by atoms with Crippen molar-refractivity contribution in [2.75, 3.05) is 0 Å². The van der Waals surface area contributed by atoms with Gasteiger partial charge in [-0.3, -0.25) is 4.79 Å². The van der Waals surface area contributed by atoms with Gasteiger partial charge in [-0.1, -0.05) is 13.8 Å². The number of aliphatic hydroxyl groups excluding tert-OH is 1. The zero-order valence-electron chi connectivity index (χ0n) is 15.6. The minimum atomic E-state index is -0.342. The van der Waals surface area contributed by atoms with Crippen LogP contribution >= 0.6 is 0 Å². The first-order chi connectivity index (χ1) is 11.2. The van der Waals surface area contributed by atoms with Crippen molar-refractivity contribution < 1.29 is 14.6 Å². The second-order valence-corrected chi connectivity index (χ2v) is 10.6. The van der Waals surface area contributed by atoms with E-state index in [1.165, 1.54) is 12.8 Å². The Hall–Kier alpha value is -0.410. The average molecular weight is 332 g/mol. The van der Waals surface area contributed by atoms with Crippen LogP contribution < -0.4 is 0 Å². The van der Waals surface area contributed by atoms with Crippen molar-refractivity contribution in [2.45, 2.75) is 90.4 Å². The van der Waals surface area contributed by atoms with Gasteiger partial charge in [0.2, 0.25) is 0 Å². The number of Topliss-reactive ketones (excluding diaryl/α,β-unsaturated/α-hetero) is 1. The van der Waals surface area contributed by atoms with E-state index in [2.05, 4.69) is 27.7 Å². The van der Waals surface area contributed by atoms with E-state index in [0.29, 0.717) is 23.5 Å². The van der Waals surface area contributed by atoms with Crippen LogP contribution in [-0.4, -0.2) is 28.7 Å². The van der Waals surface area contributed by atoms with E-state index in [1.807, 2.05) is 0 Å². The number of rotatable bonds is 0. The first kappa shape index (κ1) is 15.8. The van der Waals surface area contributed by atoms with Crippen molar-refractivity contribution in [1.82, 2.24) is 0 Å². The molecular formula is C21H32O3. The maximum atomic E-state index is 12.7. The monoisotopic (exact) mass is 332 g/mol. The van der Waals surface area contributed by atoms with E-state index < -0.39 is 0 Å². The number of carbonyl (C=O) groups is 1. The van der Waals surface area contributed by atoms with Gasteiger partial charge in [0.15, 0.2) is 0 Å². The fourth-order valence-electron chi connectivity index (χ4n) is 8.34. The summed E-state index contributed by atoms with van der Waals surface area (Å²) in [7, 11) is 0. The summed E-state index contributed by atoms with van der Waals surface area (Å²) in [5.41, 5.74) is -0.299. The van der Waals surface area contributed by atoms with Crippen molar-refractivity contribution >= 4 is 5.78 Å². The predicted octanol–water partition coefficient (Wildman–Crippen LogP) is 3.73. The van der Waals surface area contributed by atoms with Gasteiger partial charge in [0, 0.05) is 11.8 Å². The van der Waals surface area contributed by atoms with Crippen molar-refractivity contribution in [2.24, 2.45) is 34.0 Å². The molecule has 5 fully saturated rings. The van der Waals surface area contributed by atoms with Crippen LogP contribution in [0.15, 0.2) is 0 Å². The predicted molar refractivity (Wildman–Crippen MR) is 91.4 cm³/mol. The van der Waals surface area contributed by atoms with E-state index in [9.17, 15) is 9.90 Å². The van der Waals surface area contributed by atoms with Crippen LogP contribution in [0.4, 0.5) is 0 Å². The van der Waals surface area contributed by atoms with Crippen molar-refractivity contribution in [3.63, 3.8) is 0 Å². The van der Waals surface area contributed by atoms with Gasteiger partial charge in [-0.25, -0.2) is 0 Å². The molecule has 1 spiro atoms. The van der Waals surface area contributed by atoms with E-state index in [1.54, 1.807) is 0 Å². The molecule has 1 heterocycles. The number of fused-ring (bicyclic) bond motifs is 4. The molecule has 8 atom stereocenters. The molecule has 4 aliphatic carbocycles. The molecule has 3 heteroatoms. The molecule has 0 aromatic carbocycles. The largest absolute Gasteiger partial charge is 0.393 e. The number of carbonyl (C=O) groups excluding carboxylic acids is 1. The molecule has 0 bridgehead atoms. The molecule has 0 aromatic heterocycles. The summed E-state index contributed by atoms with van der Waals surface area (Å²) in [4.78, 5) is 12.7. The Morgan fingerprint density at radius 3 is 2.54 bits per heavy atom. The number of ketones is 1. The third-order valence-electron chi connectivity index (χ3n) is 9.76. The van der Waals surface area contributed by atoms with Crippen LogP contribution in [0.25, 0.3) is 0 Å². The molecule has 1 aliphatic heterocycles. The minimum absolute atomic E-state index is 0.117. The molecule has 5 rings (SSSR count). The van der Waals surface area contributed by atoms with Crippen LogP contribution in [0, 0.1) is 34.0 Å². The number of hydrogen-bond donors (Lipinski definition) is 1. The highest BCUT2D eigenvalue weighted by Gasteiger charge is 2.81. The second kappa shape index (κ2) is 4.28. The van der Waals surface area contributed by atoms with Crippen LogP contribution in [-0.2, 0) is 9.53 Å². The van der Waals surface area contributed by atoms with Gasteiger partial charge in [0.25, 0.3) is 0 Å². The Bertz CT molecular complexity index is 612. The standard InChI is InChI=1S/C21H32O3/c1-18(2)15(22)8-10-20(4)14-7-9-19(3)13(5-6-16(19)23)12(14)11-17-21(18,20)24-17/h12-14,16-17,23H,5-11H2,1-4H3/t12-,13-,14-,16-,17-,19-,20+,21+/m0/s1. The third-order valence-corrected chi connectivity index (χ3v) is 9.76. The zero-order chi connectivity index (χ0) is 17.1. The molecule has 5 aliphatic rings. The molecular weight excluding hydrogens is 300 g/mol. The fourth-order valence-corrected chi connectivity index (χ4v) is 8.34. The highest BCUT2D eigenvalue weighted by Crippen LogP contribution is 2.76. The Morgan fingerprint density at radius 1 is 1.04 bits per heavy atom. The number of hydrogen-bond acceptors (Lipinski definition) is 3. The Labute approximate surface area is 145 Å². The van der Waals surface area contributed by atoms with Crippen molar-refractivity contribution in [1.29, 1.82) is 0 Å². The van der Waals surface area contributed by atoms with Gasteiger partial charge in [-0.05, 0) is 75.5 Å². The molecule has 134 valence electrons. The highest BCUT2D eigenvalue weighted by molar-refractivity contribution is 5.87. The van der Waals surface area contributed by atoms with Gasteiger partial charge in [-0.2, -0.15) is 0 Å². The summed E-state index contributed by atoms with van der Waals surface area (Å²) in [5, 5.41) is 10.6. The first-order valence-corrected chi connectivity index (χ1v) is 10.1. The number of epoxide rings is 1. The topological polar surface area (TPSA) is 49.8 Å². The summed E-state index contributed by atoms with van der Waals surface area (Å²) in [5.74, 6) is 2.38. The van der Waals surface area contributed by atoms with Gasteiger partial charge in [0.05, 0.1) is 17.6 Å². The Balaban J connectivity index is 1.57. The van der Waals surface area contributed by atoms with Crippen LogP contribution in [0.1, 0.15) is 72.6 Å². The van der Waals surface area contributed by atoms with E-state index in [4.69, 9.17) is 4.74 Å². The van der Waals surface area contributed by atoms with Gasteiger partial charge in [0.1, 0.15) is 11.4 Å². The Morgan fingerprint density at radius 2 is 1.79 bits per heavy atom. The van der Waals surface area contributed by atoms with Crippen LogP contribution in [0.5, 0.6) is 0 Å². The highest BCUT2D eigenvalue weighted by atomic mass is 16.6. The second-order valence-electron chi connectivity index (χ2n) is 10.6. The van der Waals surface area contributed by atoms with Gasteiger partial charge < -0.3 is 9.84 Å². The summed E-state index contributed by atoms with van der Waals surface area (Å²) in [6.07, 6.45) is 7.48. The quantitative estimate of drug-likeness (QED) is 0.688. The lowest BCUT2D eigenvalue weighted by Crippen LogP contribution is -2.64. The summed E-state index contributed by atoms with van der Waals surface area (Å²) in [6, 6.07) is 0. The van der Waals surface area contributed by atoms with E-state index in [-0.39, 0.29) is 34.1 Å².